The number of nitrogens with one attached hydrogen (secondary N) is 1. The molecule has 1 unspecified atom stereocenters. The molecule has 1 aliphatic heterocycles. The van der Waals surface area contributed by atoms with E-state index in [1.165, 1.54) is 18.6 Å². The van der Waals surface area contributed by atoms with Gasteiger partial charge in [-0.05, 0) is 0 Å². The van der Waals surface area contributed by atoms with Gasteiger partial charge in [-0.2, -0.15) is 0 Å². The van der Waals surface area contributed by atoms with Gasteiger partial charge in [0.05, 0.1) is 18.5 Å². The van der Waals surface area contributed by atoms with E-state index in [4.69, 9.17) is 10.6 Å². The highest BCUT2D eigenvalue weighted by Gasteiger charge is 2.26. The Hall–Kier alpha value is -2.51. The second-order valence-corrected chi connectivity index (χ2v) is 3.63. The van der Waals surface area contributed by atoms with Crippen molar-refractivity contribution in [3.8, 4) is 0 Å². The lowest BCUT2D eigenvalue weighted by molar-refractivity contribution is -0.127. The number of rotatable bonds is 4. The van der Waals surface area contributed by atoms with Gasteiger partial charge in [0.25, 0.3) is 11.8 Å². The maximum atomic E-state index is 11.6. The number of hydrogen-bond acceptors (Lipinski definition) is 6. The summed E-state index contributed by atoms with van der Waals surface area (Å²) in [5.41, 5.74) is 5.83. The molecule has 0 saturated carbocycles. The molecule has 0 bridgehead atoms. The summed E-state index contributed by atoms with van der Waals surface area (Å²) in [5.74, 6) is -0.942. The second kappa shape index (κ2) is 5.21. The van der Waals surface area contributed by atoms with Gasteiger partial charge in [-0.15, -0.1) is 0 Å². The second-order valence-electron chi connectivity index (χ2n) is 3.63. The van der Waals surface area contributed by atoms with Gasteiger partial charge < -0.3 is 15.9 Å². The molecule has 1 aromatic heterocycles. The topological polar surface area (TPSA) is 120 Å². The first-order valence-corrected chi connectivity index (χ1v) is 5.22. The van der Waals surface area contributed by atoms with Crippen LogP contribution in [-0.4, -0.2) is 40.1 Å². The van der Waals surface area contributed by atoms with Gasteiger partial charge >= 0.3 is 0 Å². The lowest BCUT2D eigenvalue weighted by atomic mass is 10.2. The summed E-state index contributed by atoms with van der Waals surface area (Å²) in [6, 6.07) is 0. The van der Waals surface area contributed by atoms with Crippen LogP contribution in [0.3, 0.4) is 0 Å². The van der Waals surface area contributed by atoms with Crippen LogP contribution in [0.25, 0.3) is 0 Å². The third-order valence-electron chi connectivity index (χ3n) is 2.30. The van der Waals surface area contributed by atoms with Crippen LogP contribution in [0.2, 0.25) is 0 Å². The molecule has 1 aliphatic rings. The van der Waals surface area contributed by atoms with E-state index in [1.54, 1.807) is 0 Å². The van der Waals surface area contributed by atoms with Crippen LogP contribution in [0.1, 0.15) is 16.9 Å². The van der Waals surface area contributed by atoms with Gasteiger partial charge in [0.1, 0.15) is 5.69 Å². The number of primary amides is 1. The van der Waals surface area contributed by atoms with Gasteiger partial charge in [0, 0.05) is 18.8 Å². The van der Waals surface area contributed by atoms with Crippen molar-refractivity contribution in [2.75, 3.05) is 6.54 Å². The predicted octanol–water partition coefficient (Wildman–Crippen LogP) is -1.16. The Morgan fingerprint density at radius 1 is 1.50 bits per heavy atom. The molecule has 0 fully saturated rings. The molecular weight excluding hydrogens is 238 g/mol. The number of hydrogen-bond donors (Lipinski definition) is 2. The summed E-state index contributed by atoms with van der Waals surface area (Å²) in [6.45, 7) is 0.180. The van der Waals surface area contributed by atoms with Crippen LogP contribution >= 0.6 is 0 Å². The quantitative estimate of drug-likeness (QED) is 0.697. The molecule has 0 aliphatic carbocycles. The van der Waals surface area contributed by atoms with Crippen molar-refractivity contribution < 1.29 is 14.4 Å². The Morgan fingerprint density at radius 3 is 2.94 bits per heavy atom. The molecule has 8 heteroatoms. The first-order valence-electron chi connectivity index (χ1n) is 5.22. The molecule has 2 rings (SSSR count). The molecule has 94 valence electrons. The number of oxime groups is 1. The molecule has 8 nitrogen and oxygen atoms in total. The number of amides is 2. The largest absolute Gasteiger partial charge is 0.382 e. The third-order valence-corrected chi connectivity index (χ3v) is 2.30. The molecular formula is C10H11N5O3. The van der Waals surface area contributed by atoms with Gasteiger partial charge in [-0.25, -0.2) is 4.98 Å². The van der Waals surface area contributed by atoms with E-state index in [0.29, 0.717) is 5.71 Å². The molecule has 0 radical (unpaired) electrons. The van der Waals surface area contributed by atoms with Crippen LogP contribution in [0.5, 0.6) is 0 Å². The first-order chi connectivity index (χ1) is 8.66. The number of carbonyl (C=O) groups is 2. The maximum absolute atomic E-state index is 11.6. The minimum Gasteiger partial charge on any atom is -0.382 e. The Bertz CT molecular complexity index is 488. The summed E-state index contributed by atoms with van der Waals surface area (Å²) in [6.07, 6.45) is 3.80. The molecule has 0 saturated heterocycles. The zero-order chi connectivity index (χ0) is 13.0. The zero-order valence-corrected chi connectivity index (χ0v) is 9.37. The summed E-state index contributed by atoms with van der Waals surface area (Å²) in [7, 11) is 0. The molecule has 3 N–H and O–H groups in total. The molecule has 2 amide bonds. The van der Waals surface area contributed by atoms with E-state index in [-0.39, 0.29) is 24.6 Å². The standard InChI is InChI=1S/C10H11N5O3/c11-9(16)8-3-6(15-18-8)4-14-10(17)7-5-12-1-2-13-7/h1-2,5,8H,3-4H2,(H2,11,16)(H,14,17). The van der Waals surface area contributed by atoms with Crippen molar-refractivity contribution in [3.05, 3.63) is 24.3 Å². The molecule has 2 heterocycles. The van der Waals surface area contributed by atoms with Gasteiger partial charge in [-0.3, -0.25) is 14.6 Å². The van der Waals surface area contributed by atoms with Crippen molar-refractivity contribution in [3.63, 3.8) is 0 Å². The van der Waals surface area contributed by atoms with Crippen molar-refractivity contribution >= 4 is 17.5 Å². The smallest absolute Gasteiger partial charge is 0.271 e. The SMILES string of the molecule is NC(=O)C1CC(CNC(=O)c2cnccn2)=NO1. The third kappa shape index (κ3) is 2.78. The zero-order valence-electron chi connectivity index (χ0n) is 9.37. The molecule has 0 spiro atoms. The van der Waals surface area contributed by atoms with Gasteiger partial charge in [0.15, 0.2) is 0 Å². The lowest BCUT2D eigenvalue weighted by Gasteiger charge is -2.03. The normalized spacial score (nSPS) is 17.8. The number of aromatic nitrogens is 2. The average Bonchev–Trinajstić information content (AvgIpc) is 2.86. The van der Waals surface area contributed by atoms with Crippen LogP contribution in [0.4, 0.5) is 0 Å². The molecule has 1 aromatic rings. The van der Waals surface area contributed by atoms with Crippen molar-refractivity contribution in [2.45, 2.75) is 12.5 Å². The first kappa shape index (κ1) is 12.0. The monoisotopic (exact) mass is 249 g/mol. The average molecular weight is 249 g/mol. The summed E-state index contributed by atoms with van der Waals surface area (Å²) >= 11 is 0. The summed E-state index contributed by atoms with van der Waals surface area (Å²) < 4.78 is 0. The Morgan fingerprint density at radius 2 is 2.33 bits per heavy atom. The highest BCUT2D eigenvalue weighted by Crippen LogP contribution is 2.09. The highest BCUT2D eigenvalue weighted by molar-refractivity contribution is 5.98. The van der Waals surface area contributed by atoms with E-state index in [2.05, 4.69) is 20.4 Å². The lowest BCUT2D eigenvalue weighted by Crippen LogP contribution is -2.32. The number of nitrogens with zero attached hydrogens (tertiary/aromatic N) is 3. The van der Waals surface area contributed by atoms with Crippen LogP contribution < -0.4 is 11.1 Å². The molecule has 1 atom stereocenters. The molecule has 18 heavy (non-hydrogen) atoms. The van der Waals surface area contributed by atoms with Crippen LogP contribution in [-0.2, 0) is 9.63 Å². The van der Waals surface area contributed by atoms with Crippen LogP contribution in [0.15, 0.2) is 23.7 Å². The minimum atomic E-state index is -0.742. The van der Waals surface area contributed by atoms with Crippen molar-refractivity contribution in [1.82, 2.24) is 15.3 Å². The molecule has 0 aromatic carbocycles. The fraction of sp³-hybridized carbons (Fsp3) is 0.300. The van der Waals surface area contributed by atoms with E-state index in [0.717, 1.165) is 0 Å². The van der Waals surface area contributed by atoms with E-state index < -0.39 is 12.0 Å². The minimum absolute atomic E-state index is 0.180. The van der Waals surface area contributed by atoms with Crippen LogP contribution in [0, 0.1) is 0 Å². The summed E-state index contributed by atoms with van der Waals surface area (Å²) in [4.78, 5) is 34.9. The number of carbonyl (C=O) groups excluding carboxylic acids is 2. The van der Waals surface area contributed by atoms with Gasteiger partial charge in [0.2, 0.25) is 6.10 Å². The van der Waals surface area contributed by atoms with E-state index >= 15 is 0 Å². The van der Waals surface area contributed by atoms with E-state index in [1.807, 2.05) is 0 Å². The predicted molar refractivity (Wildman–Crippen MR) is 60.5 cm³/mol. The Kier molecular flexibility index (Phi) is 3.46. The Labute approximate surface area is 102 Å². The van der Waals surface area contributed by atoms with Crippen molar-refractivity contribution in [1.29, 1.82) is 0 Å². The number of nitrogens with two attached hydrogens (primary N) is 1. The summed E-state index contributed by atoms with van der Waals surface area (Å²) in [5, 5.41) is 6.27. The highest BCUT2D eigenvalue weighted by atomic mass is 16.6. The van der Waals surface area contributed by atoms with E-state index in [9.17, 15) is 9.59 Å². The Balaban J connectivity index is 1.83. The fourth-order valence-corrected chi connectivity index (χ4v) is 1.37. The van der Waals surface area contributed by atoms with Gasteiger partial charge in [-0.1, -0.05) is 5.16 Å². The maximum Gasteiger partial charge on any atom is 0.271 e. The van der Waals surface area contributed by atoms with Crippen molar-refractivity contribution in [2.24, 2.45) is 10.9 Å². The fourth-order valence-electron chi connectivity index (χ4n) is 1.37.